The SMILES string of the molecule is Cc1c(Cl)cccc1NC(=O)[C@H](C)OC(=O)CN1CCCC1=O. The highest BCUT2D eigenvalue weighted by Gasteiger charge is 2.25. The Bertz CT molecular complexity index is 633. The molecule has 0 saturated carbocycles. The number of anilines is 1. The van der Waals surface area contributed by atoms with E-state index >= 15 is 0 Å². The molecule has 6 nitrogen and oxygen atoms in total. The fourth-order valence-corrected chi connectivity index (χ4v) is 2.47. The van der Waals surface area contributed by atoms with E-state index in [0.29, 0.717) is 23.7 Å². The monoisotopic (exact) mass is 338 g/mol. The van der Waals surface area contributed by atoms with Gasteiger partial charge in [-0.25, -0.2) is 0 Å². The molecule has 0 radical (unpaired) electrons. The predicted octanol–water partition coefficient (Wildman–Crippen LogP) is 2.14. The van der Waals surface area contributed by atoms with Crippen LogP contribution in [0.1, 0.15) is 25.3 Å². The van der Waals surface area contributed by atoms with Gasteiger partial charge in [0.25, 0.3) is 5.91 Å². The molecule has 1 fully saturated rings. The van der Waals surface area contributed by atoms with Gasteiger partial charge in [-0.2, -0.15) is 0 Å². The highest BCUT2D eigenvalue weighted by molar-refractivity contribution is 6.31. The van der Waals surface area contributed by atoms with Gasteiger partial charge in [-0.3, -0.25) is 14.4 Å². The second-order valence-corrected chi connectivity index (χ2v) is 5.86. The van der Waals surface area contributed by atoms with E-state index in [0.717, 1.165) is 12.0 Å². The Labute approximate surface area is 139 Å². The molecule has 0 unspecified atom stereocenters. The molecule has 1 aliphatic heterocycles. The summed E-state index contributed by atoms with van der Waals surface area (Å²) in [4.78, 5) is 36.8. The molecule has 1 N–H and O–H groups in total. The summed E-state index contributed by atoms with van der Waals surface area (Å²) in [6, 6.07) is 5.17. The van der Waals surface area contributed by atoms with Gasteiger partial charge in [0.05, 0.1) is 0 Å². The number of carbonyl (C=O) groups is 3. The number of hydrogen-bond acceptors (Lipinski definition) is 4. The second kappa shape index (κ2) is 7.46. The van der Waals surface area contributed by atoms with Crippen LogP contribution in [0.5, 0.6) is 0 Å². The summed E-state index contributed by atoms with van der Waals surface area (Å²) < 4.78 is 5.09. The molecule has 1 atom stereocenters. The van der Waals surface area contributed by atoms with Crippen molar-refractivity contribution in [3.8, 4) is 0 Å². The van der Waals surface area contributed by atoms with Crippen LogP contribution in [0.15, 0.2) is 18.2 Å². The van der Waals surface area contributed by atoms with Gasteiger partial charge in [0.1, 0.15) is 6.54 Å². The van der Waals surface area contributed by atoms with E-state index in [9.17, 15) is 14.4 Å². The fraction of sp³-hybridized carbons (Fsp3) is 0.438. The van der Waals surface area contributed by atoms with Crippen molar-refractivity contribution in [1.29, 1.82) is 0 Å². The lowest BCUT2D eigenvalue weighted by Crippen LogP contribution is -2.36. The van der Waals surface area contributed by atoms with Gasteiger partial charge >= 0.3 is 5.97 Å². The third-order valence-corrected chi connectivity index (χ3v) is 4.10. The molecular weight excluding hydrogens is 320 g/mol. The maximum Gasteiger partial charge on any atom is 0.326 e. The van der Waals surface area contributed by atoms with Crippen LogP contribution in [-0.4, -0.2) is 41.9 Å². The third-order valence-electron chi connectivity index (χ3n) is 3.69. The molecule has 0 aliphatic carbocycles. The first-order chi connectivity index (χ1) is 10.9. The molecule has 7 heteroatoms. The second-order valence-electron chi connectivity index (χ2n) is 5.45. The summed E-state index contributed by atoms with van der Waals surface area (Å²) in [5, 5.41) is 3.22. The Morgan fingerprint density at radius 1 is 1.43 bits per heavy atom. The first kappa shape index (κ1) is 17.3. The largest absolute Gasteiger partial charge is 0.451 e. The minimum Gasteiger partial charge on any atom is -0.451 e. The molecule has 23 heavy (non-hydrogen) atoms. The molecule has 1 aromatic carbocycles. The van der Waals surface area contributed by atoms with Crippen LogP contribution >= 0.6 is 11.6 Å². The van der Waals surface area contributed by atoms with Gasteiger partial charge in [-0.15, -0.1) is 0 Å². The van der Waals surface area contributed by atoms with E-state index in [1.807, 2.05) is 0 Å². The quantitative estimate of drug-likeness (QED) is 0.835. The normalized spacial score (nSPS) is 15.4. The average molecular weight is 339 g/mol. The average Bonchev–Trinajstić information content (AvgIpc) is 2.89. The number of benzene rings is 1. The number of nitrogens with one attached hydrogen (secondary N) is 1. The topological polar surface area (TPSA) is 75.7 Å². The van der Waals surface area contributed by atoms with Crippen LogP contribution in [0.2, 0.25) is 5.02 Å². The zero-order chi connectivity index (χ0) is 17.0. The van der Waals surface area contributed by atoms with Crippen molar-refractivity contribution < 1.29 is 19.1 Å². The van der Waals surface area contributed by atoms with E-state index < -0.39 is 18.0 Å². The molecule has 2 rings (SSSR count). The van der Waals surface area contributed by atoms with Crippen LogP contribution in [0, 0.1) is 6.92 Å². The lowest BCUT2D eigenvalue weighted by atomic mass is 10.2. The van der Waals surface area contributed by atoms with Gasteiger partial charge in [-0.05, 0) is 38.0 Å². The predicted molar refractivity (Wildman–Crippen MR) is 86.2 cm³/mol. The maximum absolute atomic E-state index is 12.1. The van der Waals surface area contributed by atoms with Gasteiger partial charge in [0.2, 0.25) is 5.91 Å². The fourth-order valence-electron chi connectivity index (χ4n) is 2.29. The standard InChI is InChI=1S/C16H19ClN2O4/c1-10-12(17)5-3-6-13(10)18-16(22)11(2)23-15(21)9-19-8-4-7-14(19)20/h3,5-6,11H,4,7-9H2,1-2H3,(H,18,22)/t11-/m0/s1. The summed E-state index contributed by atoms with van der Waals surface area (Å²) >= 11 is 6.00. The van der Waals surface area contributed by atoms with Crippen molar-refractivity contribution in [2.24, 2.45) is 0 Å². The molecule has 0 bridgehead atoms. The number of carbonyl (C=O) groups excluding carboxylic acids is 3. The van der Waals surface area contributed by atoms with Crippen LogP contribution in [-0.2, 0) is 19.1 Å². The number of nitrogens with zero attached hydrogens (tertiary/aromatic N) is 1. The molecule has 1 saturated heterocycles. The number of ether oxygens (including phenoxy) is 1. The number of likely N-dealkylation sites (tertiary alicyclic amines) is 1. The molecular formula is C16H19ClN2O4. The summed E-state index contributed by atoms with van der Waals surface area (Å²) in [5.74, 6) is -1.10. The molecule has 124 valence electrons. The lowest BCUT2D eigenvalue weighted by molar-refractivity contribution is -0.155. The number of esters is 1. The van der Waals surface area contributed by atoms with Crippen molar-refractivity contribution in [1.82, 2.24) is 4.90 Å². The van der Waals surface area contributed by atoms with Crippen LogP contribution in [0.4, 0.5) is 5.69 Å². The number of amides is 2. The van der Waals surface area contributed by atoms with E-state index in [4.69, 9.17) is 16.3 Å². The Balaban J connectivity index is 1.88. The lowest BCUT2D eigenvalue weighted by Gasteiger charge is -2.18. The Morgan fingerprint density at radius 3 is 2.83 bits per heavy atom. The van der Waals surface area contributed by atoms with Crippen molar-refractivity contribution in [2.45, 2.75) is 32.8 Å². The molecule has 1 heterocycles. The number of hydrogen-bond donors (Lipinski definition) is 1. The van der Waals surface area contributed by atoms with E-state index in [1.54, 1.807) is 25.1 Å². The summed E-state index contributed by atoms with van der Waals surface area (Å²) in [6.07, 6.45) is 0.242. The summed E-state index contributed by atoms with van der Waals surface area (Å²) in [7, 11) is 0. The Morgan fingerprint density at radius 2 is 2.17 bits per heavy atom. The molecule has 1 aliphatic rings. The van der Waals surface area contributed by atoms with Crippen molar-refractivity contribution in [3.63, 3.8) is 0 Å². The minimum atomic E-state index is -0.960. The number of halogens is 1. The van der Waals surface area contributed by atoms with Gasteiger partial charge < -0.3 is 15.0 Å². The van der Waals surface area contributed by atoms with Crippen LogP contribution in [0.25, 0.3) is 0 Å². The highest BCUT2D eigenvalue weighted by Crippen LogP contribution is 2.23. The first-order valence-corrected chi connectivity index (χ1v) is 7.79. The van der Waals surface area contributed by atoms with E-state index in [-0.39, 0.29) is 12.5 Å². The number of rotatable bonds is 5. The van der Waals surface area contributed by atoms with Crippen LogP contribution in [0.3, 0.4) is 0 Å². The van der Waals surface area contributed by atoms with Gasteiger partial charge in [-0.1, -0.05) is 17.7 Å². The summed E-state index contributed by atoms with van der Waals surface area (Å²) in [6.45, 7) is 3.70. The maximum atomic E-state index is 12.1. The van der Waals surface area contributed by atoms with Gasteiger partial charge in [0, 0.05) is 23.7 Å². The Hall–Kier alpha value is -2.08. The first-order valence-electron chi connectivity index (χ1n) is 7.41. The van der Waals surface area contributed by atoms with Crippen LogP contribution < -0.4 is 5.32 Å². The zero-order valence-electron chi connectivity index (χ0n) is 13.1. The van der Waals surface area contributed by atoms with Crippen molar-refractivity contribution >= 4 is 35.1 Å². The molecule has 2 amide bonds. The zero-order valence-corrected chi connectivity index (χ0v) is 13.9. The molecule has 1 aromatic rings. The third kappa shape index (κ3) is 4.45. The molecule has 0 spiro atoms. The Kier molecular flexibility index (Phi) is 5.60. The van der Waals surface area contributed by atoms with Gasteiger partial charge in [0.15, 0.2) is 6.10 Å². The van der Waals surface area contributed by atoms with E-state index in [2.05, 4.69) is 5.32 Å². The minimum absolute atomic E-state index is 0.0615. The van der Waals surface area contributed by atoms with Crippen molar-refractivity contribution in [3.05, 3.63) is 28.8 Å². The molecule has 0 aromatic heterocycles. The van der Waals surface area contributed by atoms with E-state index in [1.165, 1.54) is 11.8 Å². The van der Waals surface area contributed by atoms with Crippen molar-refractivity contribution in [2.75, 3.05) is 18.4 Å². The summed E-state index contributed by atoms with van der Waals surface area (Å²) in [5.41, 5.74) is 1.31. The highest BCUT2D eigenvalue weighted by atomic mass is 35.5. The smallest absolute Gasteiger partial charge is 0.326 e.